The second kappa shape index (κ2) is 13.8. The first-order valence-corrected chi connectivity index (χ1v) is 19.5. The average molecular weight is 683 g/mol. The summed E-state index contributed by atoms with van der Waals surface area (Å²) in [7, 11) is -5.19. The van der Waals surface area contributed by atoms with Crippen molar-refractivity contribution in [2.75, 3.05) is 0 Å². The molecule has 0 bridgehead atoms. The van der Waals surface area contributed by atoms with Crippen molar-refractivity contribution in [3.63, 3.8) is 0 Å². The molecule has 0 aliphatic heterocycles. The topological polar surface area (TPSA) is 88.2 Å². The van der Waals surface area contributed by atoms with Crippen LogP contribution in [0.3, 0.4) is 0 Å². The highest BCUT2D eigenvalue weighted by atomic mass is 32.2. The fourth-order valence-corrected chi connectivity index (χ4v) is 10.7. The van der Waals surface area contributed by atoms with Crippen LogP contribution in [0.1, 0.15) is 36.6 Å². The Balaban J connectivity index is 1.69. The summed E-state index contributed by atoms with van der Waals surface area (Å²) < 4.78 is 57.5. The molecule has 2 atom stereocenters. The van der Waals surface area contributed by atoms with Gasteiger partial charge in [0, 0.05) is 34.5 Å². The molecule has 6 rings (SSSR count). The first-order valence-electron chi connectivity index (χ1n) is 15.3. The van der Waals surface area contributed by atoms with Gasteiger partial charge in [0.05, 0.1) is 10.4 Å². The second-order valence-electron chi connectivity index (χ2n) is 12.0. The van der Waals surface area contributed by atoms with Crippen LogP contribution in [0.5, 0.6) is 0 Å². The molecule has 0 amide bonds. The van der Waals surface area contributed by atoms with Gasteiger partial charge in [0.2, 0.25) is 0 Å². The van der Waals surface area contributed by atoms with E-state index in [2.05, 4.69) is 24.3 Å². The lowest BCUT2D eigenvalue weighted by atomic mass is 9.81. The Morgan fingerprint density at radius 3 is 1.85 bits per heavy atom. The average Bonchev–Trinajstić information content (AvgIpc) is 3.42. The van der Waals surface area contributed by atoms with Crippen molar-refractivity contribution in [3.05, 3.63) is 162 Å². The molecule has 240 valence electrons. The van der Waals surface area contributed by atoms with Gasteiger partial charge in [-0.15, -0.1) is 0 Å². The molecule has 9 heteroatoms. The van der Waals surface area contributed by atoms with Gasteiger partial charge in [0.1, 0.15) is 10.6 Å². The summed E-state index contributed by atoms with van der Waals surface area (Å²) in [5.41, 5.74) is 2.78. The van der Waals surface area contributed by atoms with Crippen molar-refractivity contribution < 1.29 is 17.4 Å². The monoisotopic (exact) mass is 682 g/mol. The van der Waals surface area contributed by atoms with Crippen LogP contribution in [0.4, 0.5) is 4.39 Å². The quantitative estimate of drug-likeness (QED) is 0.114. The van der Waals surface area contributed by atoms with E-state index >= 15 is 0 Å². The molecule has 1 aromatic heterocycles. The molecule has 5 nitrogen and oxygen atoms in total. The Hall–Kier alpha value is -3.78. The van der Waals surface area contributed by atoms with Crippen molar-refractivity contribution in [1.29, 1.82) is 0 Å². The normalized spacial score (nSPS) is 13.6. The molecule has 0 saturated heterocycles. The van der Waals surface area contributed by atoms with E-state index in [1.807, 2.05) is 74.5 Å². The van der Waals surface area contributed by atoms with Gasteiger partial charge in [-0.3, -0.25) is 0 Å². The number of hydrogen-bond acceptors (Lipinski definition) is 4. The zero-order valence-corrected chi connectivity index (χ0v) is 28.7. The van der Waals surface area contributed by atoms with Crippen molar-refractivity contribution in [2.45, 2.75) is 42.0 Å². The van der Waals surface area contributed by atoms with E-state index in [0.717, 1.165) is 27.1 Å². The number of benzene rings is 5. The number of aromatic nitrogens is 1. The Morgan fingerprint density at radius 1 is 0.787 bits per heavy atom. The first-order chi connectivity index (χ1) is 22.6. The summed E-state index contributed by atoms with van der Waals surface area (Å²) in [5.74, 6) is -0.844. The smallest absolute Gasteiger partial charge is 0.268 e. The molecular weight excluding hydrogens is 647 g/mol. The minimum atomic E-state index is -4.09. The maximum absolute atomic E-state index is 14.8. The third kappa shape index (κ3) is 6.67. The fourth-order valence-electron chi connectivity index (χ4n) is 6.19. The molecule has 0 spiro atoms. The molecule has 1 heterocycles. The second-order valence-corrected chi connectivity index (χ2v) is 17.6. The van der Waals surface area contributed by atoms with Gasteiger partial charge in [-0.05, 0) is 80.3 Å². The molecule has 0 fully saturated rings. The Labute approximate surface area is 280 Å². The molecule has 0 aliphatic carbocycles. The van der Waals surface area contributed by atoms with Crippen molar-refractivity contribution in [2.24, 2.45) is 5.14 Å². The van der Waals surface area contributed by atoms with Crippen LogP contribution in [0.2, 0.25) is 0 Å². The number of nitrogens with zero attached hydrogens (tertiary/aromatic N) is 1. The number of para-hydroxylation sites is 1. The first kappa shape index (κ1) is 33.1. The maximum atomic E-state index is 14.8. The number of rotatable bonds is 11. The maximum Gasteiger partial charge on any atom is 0.268 e. The standard InChI is InChI=1S/C38H36FN2O3PS2/c1-38(2,46(40)42)34(26-28-22-24-29(39)25-23-28)37-33-20-12-13-21-35(33)41(47(43,44)32-18-10-5-11-19-32)36(37)27-45(30-14-6-3-7-15-30)31-16-8-4-9-17-31/h3-25,34H,26-27,40H2,1-2H3. The Morgan fingerprint density at radius 2 is 1.30 bits per heavy atom. The van der Waals surface area contributed by atoms with Gasteiger partial charge in [-0.25, -0.2) is 16.8 Å². The predicted molar refractivity (Wildman–Crippen MR) is 193 cm³/mol. The summed E-state index contributed by atoms with van der Waals surface area (Å²) in [6.45, 7) is 3.71. The van der Waals surface area contributed by atoms with Crippen molar-refractivity contribution in [3.8, 4) is 0 Å². The zero-order chi connectivity index (χ0) is 33.2. The van der Waals surface area contributed by atoms with Crippen LogP contribution >= 0.6 is 7.92 Å². The van der Waals surface area contributed by atoms with Gasteiger partial charge in [0.15, 0.2) is 0 Å². The molecule has 5 aromatic carbocycles. The van der Waals surface area contributed by atoms with E-state index in [4.69, 9.17) is 5.14 Å². The molecular formula is C38H36FN2O3PS2. The summed E-state index contributed by atoms with van der Waals surface area (Å²) in [6.07, 6.45) is 0.768. The summed E-state index contributed by atoms with van der Waals surface area (Å²) in [4.78, 5) is 0.175. The number of nitrogens with two attached hydrogens (primary N) is 1. The van der Waals surface area contributed by atoms with E-state index in [0.29, 0.717) is 23.8 Å². The van der Waals surface area contributed by atoms with Crippen LogP contribution in [-0.2, 0) is 34.0 Å². The van der Waals surface area contributed by atoms with Crippen LogP contribution in [-0.4, -0.2) is 21.7 Å². The van der Waals surface area contributed by atoms with Crippen LogP contribution in [0.15, 0.2) is 144 Å². The molecule has 0 saturated carbocycles. The highest BCUT2D eigenvalue weighted by Gasteiger charge is 2.44. The lowest BCUT2D eigenvalue weighted by Gasteiger charge is -2.34. The van der Waals surface area contributed by atoms with E-state index in [-0.39, 0.29) is 10.7 Å². The predicted octanol–water partition coefficient (Wildman–Crippen LogP) is 7.38. The summed E-state index contributed by atoms with van der Waals surface area (Å²) in [5, 5.41) is 9.20. The van der Waals surface area contributed by atoms with Crippen molar-refractivity contribution >= 4 is 50.8 Å². The lowest BCUT2D eigenvalue weighted by molar-refractivity contribution is 0.481. The van der Waals surface area contributed by atoms with Crippen LogP contribution in [0.25, 0.3) is 10.9 Å². The molecule has 2 unspecified atom stereocenters. The van der Waals surface area contributed by atoms with Crippen molar-refractivity contribution in [1.82, 2.24) is 3.97 Å². The van der Waals surface area contributed by atoms with Gasteiger partial charge >= 0.3 is 0 Å². The molecule has 0 radical (unpaired) electrons. The third-order valence-corrected chi connectivity index (χ3v) is 14.3. The molecule has 47 heavy (non-hydrogen) atoms. The van der Waals surface area contributed by atoms with E-state index in [1.165, 1.54) is 16.1 Å². The van der Waals surface area contributed by atoms with Crippen LogP contribution < -0.4 is 15.7 Å². The highest BCUT2D eigenvalue weighted by Crippen LogP contribution is 2.48. The summed E-state index contributed by atoms with van der Waals surface area (Å²) >= 11 is -1.80. The molecule has 0 aliphatic rings. The SMILES string of the molecule is CC(C)(C(Cc1ccc(F)cc1)c1c(CP(c2ccccc2)c2ccccc2)n(S(=O)(=O)c2ccccc2)c2ccccc12)[S+](N)[O-]. The Kier molecular flexibility index (Phi) is 9.70. The molecule has 2 N–H and O–H groups in total. The zero-order valence-electron chi connectivity index (χ0n) is 26.2. The van der Waals surface area contributed by atoms with Crippen LogP contribution in [0, 0.1) is 5.82 Å². The van der Waals surface area contributed by atoms with Gasteiger partial charge in [-0.1, -0.05) is 109 Å². The summed E-state index contributed by atoms with van der Waals surface area (Å²) in [6, 6.07) is 42.5. The number of fused-ring (bicyclic) bond motifs is 1. The van der Waals surface area contributed by atoms with Gasteiger partial charge < -0.3 is 4.55 Å². The number of hydrogen-bond donors (Lipinski definition) is 1. The van der Waals surface area contributed by atoms with Gasteiger partial charge in [-0.2, -0.15) is 5.14 Å². The Bertz CT molecular complexity index is 2030. The van der Waals surface area contributed by atoms with Gasteiger partial charge in [0.25, 0.3) is 10.0 Å². The molecule has 6 aromatic rings. The van der Waals surface area contributed by atoms with E-state index in [1.54, 1.807) is 42.5 Å². The highest BCUT2D eigenvalue weighted by molar-refractivity contribution is 7.90. The fraction of sp³-hybridized carbons (Fsp3) is 0.158. The lowest BCUT2D eigenvalue weighted by Crippen LogP contribution is -2.44. The minimum absolute atomic E-state index is 0.175. The third-order valence-electron chi connectivity index (χ3n) is 8.75. The van der Waals surface area contributed by atoms with E-state index < -0.39 is 40.0 Å². The largest absolute Gasteiger partial charge is 0.598 e. The minimum Gasteiger partial charge on any atom is -0.598 e. The number of halogens is 1. The van der Waals surface area contributed by atoms with E-state index in [9.17, 15) is 17.4 Å².